The first-order chi connectivity index (χ1) is 14.3. The zero-order chi connectivity index (χ0) is 20.1. The van der Waals surface area contributed by atoms with Gasteiger partial charge in [-0.25, -0.2) is 29.9 Å². The van der Waals surface area contributed by atoms with Crippen LogP contribution in [0.3, 0.4) is 0 Å². The predicted molar refractivity (Wildman–Crippen MR) is 113 cm³/mol. The number of aromatic nitrogens is 8. The molecule has 4 rings (SSSR count). The Morgan fingerprint density at radius 2 is 1.07 bits per heavy atom. The largest absolute Gasteiger partial charge is 0.371 e. The molecule has 0 atom stereocenters. The maximum absolute atomic E-state index is 4.44. The molecule has 0 fully saturated rings. The lowest BCUT2D eigenvalue weighted by molar-refractivity contribution is 0.540. The van der Waals surface area contributed by atoms with Crippen LogP contribution in [0, 0.1) is 0 Å². The number of nitrogens with one attached hydrogen (secondary N) is 2. The molecule has 0 bridgehead atoms. The number of hydrogen-bond donors (Lipinski definition) is 2. The third-order valence-electron chi connectivity index (χ3n) is 5.07. The fraction of sp³-hybridized carbons (Fsp3) is 0.474. The molecule has 2 N–H and O–H groups in total. The Bertz CT molecular complexity index is 997. The summed E-state index contributed by atoms with van der Waals surface area (Å²) in [6.45, 7) is 1.85. The minimum atomic E-state index is 0.771. The number of hydrogen-bond acceptors (Lipinski definition) is 8. The Morgan fingerprint density at radius 1 is 0.621 bits per heavy atom. The molecule has 152 valence electrons. The molecule has 0 aromatic carbocycles. The summed E-state index contributed by atoms with van der Waals surface area (Å²) in [4.78, 5) is 26.0. The molecule has 4 aromatic rings. The topological polar surface area (TPSA) is 111 Å². The van der Waals surface area contributed by atoms with Crippen molar-refractivity contribution in [1.82, 2.24) is 39.0 Å². The van der Waals surface area contributed by atoms with Crippen molar-refractivity contribution in [1.29, 1.82) is 0 Å². The second-order valence-electron chi connectivity index (χ2n) is 6.93. The highest BCUT2D eigenvalue weighted by Crippen LogP contribution is 2.19. The van der Waals surface area contributed by atoms with Gasteiger partial charge in [-0.3, -0.25) is 0 Å². The first kappa shape index (κ1) is 19.0. The van der Waals surface area contributed by atoms with Gasteiger partial charge in [-0.05, 0) is 12.8 Å². The van der Waals surface area contributed by atoms with Gasteiger partial charge in [-0.15, -0.1) is 0 Å². The number of unbranched alkanes of at least 4 members (excludes halogenated alkanes) is 4. The minimum Gasteiger partial charge on any atom is -0.371 e. The average Bonchev–Trinajstić information content (AvgIpc) is 3.37. The zero-order valence-corrected chi connectivity index (χ0v) is 16.8. The molecule has 0 aliphatic heterocycles. The summed E-state index contributed by atoms with van der Waals surface area (Å²) in [6.07, 6.45) is 12.6. The number of nitrogens with zero attached hydrogens (tertiary/aromatic N) is 8. The molecule has 0 saturated heterocycles. The van der Waals surface area contributed by atoms with Crippen molar-refractivity contribution >= 4 is 34.0 Å². The van der Waals surface area contributed by atoms with Crippen molar-refractivity contribution in [3.8, 4) is 0 Å². The molecule has 0 saturated carbocycles. The Morgan fingerprint density at radius 3 is 1.52 bits per heavy atom. The highest BCUT2D eigenvalue weighted by Gasteiger charge is 2.09. The minimum absolute atomic E-state index is 0.771. The molecule has 0 amide bonds. The lowest BCUT2D eigenvalue weighted by Crippen LogP contribution is -2.01. The molecule has 10 nitrogen and oxygen atoms in total. The van der Waals surface area contributed by atoms with E-state index in [0.717, 1.165) is 59.9 Å². The molecule has 0 unspecified atom stereocenters. The molecule has 0 spiro atoms. The SMILES string of the molecule is CNc1ncnc2c1ncn2CCCCCCCn1cnc2c(NC)ncnc21. The third-order valence-corrected chi connectivity index (χ3v) is 5.07. The van der Waals surface area contributed by atoms with E-state index in [4.69, 9.17) is 0 Å². The standard InChI is InChI=1S/C19H26N10/c1-20-16-14-18(24-10-22-16)28(12-26-14)8-6-4-3-5-7-9-29-13-27-15-17(21-2)23-11-25-19(15)29/h10-13H,3-9H2,1-2H3,(H,20,22,24)(H,21,23,25). The van der Waals surface area contributed by atoms with Gasteiger partial charge in [0.15, 0.2) is 22.9 Å². The van der Waals surface area contributed by atoms with E-state index in [1.54, 1.807) is 12.7 Å². The summed E-state index contributed by atoms with van der Waals surface area (Å²) in [5, 5.41) is 6.12. The summed E-state index contributed by atoms with van der Waals surface area (Å²) in [5.74, 6) is 1.54. The molecule has 4 heterocycles. The fourth-order valence-corrected chi connectivity index (χ4v) is 3.55. The lowest BCUT2D eigenvalue weighted by atomic mass is 10.1. The Balaban J connectivity index is 1.21. The van der Waals surface area contributed by atoms with Gasteiger partial charge < -0.3 is 19.8 Å². The van der Waals surface area contributed by atoms with Crippen LogP contribution in [-0.4, -0.2) is 53.1 Å². The van der Waals surface area contributed by atoms with E-state index in [1.807, 2.05) is 26.7 Å². The predicted octanol–water partition coefficient (Wildman–Crippen LogP) is 2.70. The van der Waals surface area contributed by atoms with Crippen LogP contribution in [0.1, 0.15) is 32.1 Å². The molecule has 0 aliphatic rings. The van der Waals surface area contributed by atoms with E-state index in [0.29, 0.717) is 0 Å². The van der Waals surface area contributed by atoms with Gasteiger partial charge in [-0.1, -0.05) is 19.3 Å². The molecule has 10 heteroatoms. The molecule has 29 heavy (non-hydrogen) atoms. The van der Waals surface area contributed by atoms with Gasteiger partial charge in [0.2, 0.25) is 0 Å². The van der Waals surface area contributed by atoms with Crippen LogP contribution in [0.4, 0.5) is 11.6 Å². The number of aryl methyl sites for hydroxylation is 2. The van der Waals surface area contributed by atoms with E-state index in [1.165, 1.54) is 19.3 Å². The lowest BCUT2D eigenvalue weighted by Gasteiger charge is -2.06. The number of imidazole rings is 2. The normalized spacial score (nSPS) is 11.4. The van der Waals surface area contributed by atoms with Crippen LogP contribution < -0.4 is 10.6 Å². The van der Waals surface area contributed by atoms with E-state index >= 15 is 0 Å². The summed E-state index contributed by atoms with van der Waals surface area (Å²) in [5.41, 5.74) is 3.43. The molecular weight excluding hydrogens is 368 g/mol. The molecular formula is C19H26N10. The van der Waals surface area contributed by atoms with Crippen molar-refractivity contribution < 1.29 is 0 Å². The van der Waals surface area contributed by atoms with Gasteiger partial charge in [0.25, 0.3) is 0 Å². The van der Waals surface area contributed by atoms with E-state index in [9.17, 15) is 0 Å². The Kier molecular flexibility index (Phi) is 5.78. The average molecular weight is 394 g/mol. The molecule has 0 aliphatic carbocycles. The quantitative estimate of drug-likeness (QED) is 0.395. The van der Waals surface area contributed by atoms with Crippen LogP contribution in [-0.2, 0) is 13.1 Å². The molecule has 4 aromatic heterocycles. The summed E-state index contributed by atoms with van der Waals surface area (Å²) in [6, 6.07) is 0. The second kappa shape index (κ2) is 8.80. The first-order valence-corrected chi connectivity index (χ1v) is 9.99. The van der Waals surface area contributed by atoms with Gasteiger partial charge >= 0.3 is 0 Å². The van der Waals surface area contributed by atoms with E-state index < -0.39 is 0 Å². The highest BCUT2D eigenvalue weighted by molar-refractivity contribution is 5.83. The zero-order valence-electron chi connectivity index (χ0n) is 16.8. The van der Waals surface area contributed by atoms with Gasteiger partial charge in [-0.2, -0.15) is 0 Å². The summed E-state index contributed by atoms with van der Waals surface area (Å²) in [7, 11) is 3.69. The third kappa shape index (κ3) is 3.96. The maximum atomic E-state index is 4.44. The number of rotatable bonds is 10. The van der Waals surface area contributed by atoms with E-state index in [2.05, 4.69) is 49.7 Å². The molecule has 0 radical (unpaired) electrons. The van der Waals surface area contributed by atoms with Gasteiger partial charge in [0, 0.05) is 27.2 Å². The first-order valence-electron chi connectivity index (χ1n) is 9.99. The van der Waals surface area contributed by atoms with Crippen molar-refractivity contribution in [2.24, 2.45) is 0 Å². The number of fused-ring (bicyclic) bond motifs is 2. The number of anilines is 2. The fourth-order valence-electron chi connectivity index (χ4n) is 3.55. The van der Waals surface area contributed by atoms with Crippen LogP contribution in [0.5, 0.6) is 0 Å². The maximum Gasteiger partial charge on any atom is 0.165 e. The smallest absolute Gasteiger partial charge is 0.165 e. The van der Waals surface area contributed by atoms with Crippen LogP contribution >= 0.6 is 0 Å². The van der Waals surface area contributed by atoms with Crippen molar-refractivity contribution in [2.45, 2.75) is 45.2 Å². The van der Waals surface area contributed by atoms with Crippen LogP contribution in [0.15, 0.2) is 25.3 Å². The van der Waals surface area contributed by atoms with Crippen molar-refractivity contribution in [3.05, 3.63) is 25.3 Å². The Hall–Kier alpha value is -3.30. The Labute approximate surface area is 168 Å². The van der Waals surface area contributed by atoms with Gasteiger partial charge in [0.05, 0.1) is 12.7 Å². The van der Waals surface area contributed by atoms with Crippen molar-refractivity contribution in [3.63, 3.8) is 0 Å². The van der Waals surface area contributed by atoms with E-state index in [-0.39, 0.29) is 0 Å². The monoisotopic (exact) mass is 394 g/mol. The van der Waals surface area contributed by atoms with Crippen molar-refractivity contribution in [2.75, 3.05) is 24.7 Å². The highest BCUT2D eigenvalue weighted by atomic mass is 15.1. The summed E-state index contributed by atoms with van der Waals surface area (Å²) >= 11 is 0. The van der Waals surface area contributed by atoms with Gasteiger partial charge in [0.1, 0.15) is 23.7 Å². The van der Waals surface area contributed by atoms with Crippen LogP contribution in [0.2, 0.25) is 0 Å². The second-order valence-corrected chi connectivity index (χ2v) is 6.93. The summed E-state index contributed by atoms with van der Waals surface area (Å²) < 4.78 is 4.21. The van der Waals surface area contributed by atoms with Crippen LogP contribution in [0.25, 0.3) is 22.3 Å².